The van der Waals surface area contributed by atoms with Gasteiger partial charge in [-0.3, -0.25) is 4.79 Å². The molecule has 1 aromatic heterocycles. The highest BCUT2D eigenvalue weighted by Gasteiger charge is 2.27. The molecule has 0 radical (unpaired) electrons. The van der Waals surface area contributed by atoms with Gasteiger partial charge in [-0.05, 0) is 30.9 Å². The van der Waals surface area contributed by atoms with Gasteiger partial charge in [-0.1, -0.05) is 55.0 Å². The van der Waals surface area contributed by atoms with Gasteiger partial charge in [0.1, 0.15) is 0 Å². The Morgan fingerprint density at radius 3 is 2.45 bits per heavy atom. The number of aromatic nitrogens is 2. The molecule has 29 heavy (non-hydrogen) atoms. The zero-order valence-corrected chi connectivity index (χ0v) is 16.9. The summed E-state index contributed by atoms with van der Waals surface area (Å²) in [6.07, 6.45) is 5.78. The van der Waals surface area contributed by atoms with Crippen molar-refractivity contribution in [2.45, 2.75) is 38.3 Å². The van der Waals surface area contributed by atoms with E-state index in [4.69, 9.17) is 10.8 Å². The lowest BCUT2D eigenvalue weighted by atomic mass is 9.99. The zero-order chi connectivity index (χ0) is 20.2. The van der Waals surface area contributed by atoms with Gasteiger partial charge in [0, 0.05) is 43.4 Å². The van der Waals surface area contributed by atoms with E-state index in [-0.39, 0.29) is 11.9 Å². The summed E-state index contributed by atoms with van der Waals surface area (Å²) >= 11 is 0. The Morgan fingerprint density at radius 2 is 1.79 bits per heavy atom. The van der Waals surface area contributed by atoms with Gasteiger partial charge >= 0.3 is 0 Å². The third kappa shape index (κ3) is 4.40. The molecule has 2 aromatic carbocycles. The van der Waals surface area contributed by atoms with E-state index in [1.807, 2.05) is 71.4 Å². The van der Waals surface area contributed by atoms with Crippen molar-refractivity contribution in [3.05, 3.63) is 72.4 Å². The average Bonchev–Trinajstić information content (AvgIpc) is 3.35. The summed E-state index contributed by atoms with van der Waals surface area (Å²) in [6.45, 7) is 0.526. The van der Waals surface area contributed by atoms with Crippen molar-refractivity contribution in [2.75, 3.05) is 7.05 Å². The number of rotatable bonds is 6. The van der Waals surface area contributed by atoms with Crippen LogP contribution >= 0.6 is 0 Å². The highest BCUT2D eigenvalue weighted by molar-refractivity contribution is 5.76. The second kappa shape index (κ2) is 8.62. The third-order valence-corrected chi connectivity index (χ3v) is 5.85. The molecular weight excluding hydrogens is 360 g/mol. The molecule has 0 bridgehead atoms. The van der Waals surface area contributed by atoms with E-state index < -0.39 is 0 Å². The molecule has 2 atom stereocenters. The molecule has 1 aliphatic carbocycles. The first kappa shape index (κ1) is 19.4. The summed E-state index contributed by atoms with van der Waals surface area (Å²) in [5.41, 5.74) is 10.2. The van der Waals surface area contributed by atoms with Gasteiger partial charge < -0.3 is 10.6 Å². The molecule has 4 rings (SSSR count). The van der Waals surface area contributed by atoms with Crippen LogP contribution in [-0.4, -0.2) is 33.7 Å². The lowest BCUT2D eigenvalue weighted by Gasteiger charge is -2.21. The van der Waals surface area contributed by atoms with Crippen molar-refractivity contribution in [3.8, 4) is 16.9 Å². The molecule has 1 fully saturated rings. The van der Waals surface area contributed by atoms with E-state index in [0.29, 0.717) is 18.9 Å². The molecule has 5 nitrogen and oxygen atoms in total. The van der Waals surface area contributed by atoms with E-state index in [1.54, 1.807) is 0 Å². The van der Waals surface area contributed by atoms with Crippen LogP contribution in [0.4, 0.5) is 0 Å². The molecule has 1 heterocycles. The topological polar surface area (TPSA) is 64.2 Å². The maximum absolute atomic E-state index is 12.8. The smallest absolute Gasteiger partial charge is 0.222 e. The minimum absolute atomic E-state index is 0.152. The van der Waals surface area contributed by atoms with Crippen LogP contribution in [0.25, 0.3) is 16.9 Å². The number of nitrogens with zero attached hydrogens (tertiary/aromatic N) is 3. The van der Waals surface area contributed by atoms with Crippen molar-refractivity contribution in [1.82, 2.24) is 14.7 Å². The van der Waals surface area contributed by atoms with E-state index in [9.17, 15) is 4.79 Å². The Morgan fingerprint density at radius 1 is 1.10 bits per heavy atom. The van der Waals surface area contributed by atoms with Gasteiger partial charge in [-0.2, -0.15) is 5.10 Å². The monoisotopic (exact) mass is 388 g/mol. The van der Waals surface area contributed by atoms with Crippen LogP contribution in [0.1, 0.15) is 31.2 Å². The lowest BCUT2D eigenvalue weighted by molar-refractivity contribution is -0.131. The Hall–Kier alpha value is -2.92. The van der Waals surface area contributed by atoms with Gasteiger partial charge in [-0.25, -0.2) is 4.68 Å². The molecule has 3 aromatic rings. The standard InChI is InChI=1S/C24H28N4O/c1-27(23(29)15-19-11-8-14-22(19)25)16-20-17-28(21-12-6-3-7-13-21)26-24(20)18-9-4-2-5-10-18/h2-7,9-10,12-13,17,19,22H,8,11,14-16,25H2,1H3/t19-,22+/m0/s1. The van der Waals surface area contributed by atoms with Gasteiger partial charge in [0.05, 0.1) is 11.4 Å². The molecule has 5 heteroatoms. The van der Waals surface area contributed by atoms with Crippen LogP contribution in [0, 0.1) is 5.92 Å². The van der Waals surface area contributed by atoms with Crippen LogP contribution in [0.2, 0.25) is 0 Å². The molecule has 0 saturated heterocycles. The minimum Gasteiger partial charge on any atom is -0.341 e. The van der Waals surface area contributed by atoms with Gasteiger partial charge in [0.25, 0.3) is 0 Å². The average molecular weight is 389 g/mol. The van der Waals surface area contributed by atoms with E-state index >= 15 is 0 Å². The fourth-order valence-corrected chi connectivity index (χ4v) is 4.12. The number of benzene rings is 2. The quantitative estimate of drug-likeness (QED) is 0.694. The summed E-state index contributed by atoms with van der Waals surface area (Å²) in [4.78, 5) is 14.6. The van der Waals surface area contributed by atoms with Crippen molar-refractivity contribution >= 4 is 5.91 Å². The number of hydrogen-bond donors (Lipinski definition) is 1. The molecular formula is C24H28N4O. The molecule has 150 valence electrons. The second-order valence-electron chi connectivity index (χ2n) is 7.96. The summed E-state index contributed by atoms with van der Waals surface area (Å²) in [7, 11) is 1.87. The normalized spacial score (nSPS) is 18.7. The van der Waals surface area contributed by atoms with E-state index in [0.717, 1.165) is 41.8 Å². The molecule has 0 aliphatic heterocycles. The summed E-state index contributed by atoms with van der Waals surface area (Å²) in [6, 6.07) is 20.3. The minimum atomic E-state index is 0.152. The Balaban J connectivity index is 1.58. The Bertz CT molecular complexity index is 952. The summed E-state index contributed by atoms with van der Waals surface area (Å²) < 4.78 is 1.89. The number of amides is 1. The van der Waals surface area contributed by atoms with Crippen molar-refractivity contribution in [3.63, 3.8) is 0 Å². The van der Waals surface area contributed by atoms with Crippen LogP contribution in [-0.2, 0) is 11.3 Å². The predicted molar refractivity (Wildman–Crippen MR) is 115 cm³/mol. The number of carbonyl (C=O) groups is 1. The largest absolute Gasteiger partial charge is 0.341 e. The molecule has 0 spiro atoms. The molecule has 1 aliphatic rings. The fourth-order valence-electron chi connectivity index (χ4n) is 4.12. The van der Waals surface area contributed by atoms with Gasteiger partial charge in [-0.15, -0.1) is 0 Å². The predicted octanol–water partition coefficient (Wildman–Crippen LogP) is 4.02. The molecule has 2 N–H and O–H groups in total. The zero-order valence-electron chi connectivity index (χ0n) is 16.9. The highest BCUT2D eigenvalue weighted by atomic mass is 16.2. The SMILES string of the molecule is CN(Cc1cn(-c2ccccc2)nc1-c1ccccc1)C(=O)C[C@@H]1CCC[C@H]1N. The number of nitrogens with two attached hydrogens (primary N) is 1. The molecule has 1 amide bonds. The Labute approximate surface area is 172 Å². The first-order valence-corrected chi connectivity index (χ1v) is 10.3. The van der Waals surface area contributed by atoms with Crippen LogP contribution in [0.5, 0.6) is 0 Å². The van der Waals surface area contributed by atoms with Crippen molar-refractivity contribution in [1.29, 1.82) is 0 Å². The molecule has 0 unspecified atom stereocenters. The number of para-hydroxylation sites is 1. The highest BCUT2D eigenvalue weighted by Crippen LogP contribution is 2.28. The summed E-state index contributed by atoms with van der Waals surface area (Å²) in [5, 5.41) is 4.84. The lowest BCUT2D eigenvalue weighted by Crippen LogP contribution is -2.32. The van der Waals surface area contributed by atoms with Crippen LogP contribution in [0.15, 0.2) is 66.9 Å². The number of carbonyl (C=O) groups excluding carboxylic acids is 1. The summed E-state index contributed by atoms with van der Waals surface area (Å²) in [5.74, 6) is 0.462. The van der Waals surface area contributed by atoms with Crippen molar-refractivity contribution in [2.24, 2.45) is 11.7 Å². The second-order valence-corrected chi connectivity index (χ2v) is 7.96. The third-order valence-electron chi connectivity index (χ3n) is 5.85. The maximum Gasteiger partial charge on any atom is 0.222 e. The first-order chi connectivity index (χ1) is 14.1. The van der Waals surface area contributed by atoms with Crippen LogP contribution in [0.3, 0.4) is 0 Å². The van der Waals surface area contributed by atoms with Gasteiger partial charge in [0.2, 0.25) is 5.91 Å². The van der Waals surface area contributed by atoms with Gasteiger partial charge in [0.15, 0.2) is 0 Å². The first-order valence-electron chi connectivity index (χ1n) is 10.3. The maximum atomic E-state index is 12.8. The van der Waals surface area contributed by atoms with Crippen LogP contribution < -0.4 is 5.73 Å². The number of hydrogen-bond acceptors (Lipinski definition) is 3. The van der Waals surface area contributed by atoms with Crippen molar-refractivity contribution < 1.29 is 4.79 Å². The Kier molecular flexibility index (Phi) is 5.76. The molecule has 1 saturated carbocycles. The van der Waals surface area contributed by atoms with E-state index in [2.05, 4.69) is 12.1 Å². The van der Waals surface area contributed by atoms with E-state index in [1.165, 1.54) is 0 Å². The fraction of sp³-hybridized carbons (Fsp3) is 0.333.